The van der Waals surface area contributed by atoms with Crippen LogP contribution in [0.2, 0.25) is 0 Å². The van der Waals surface area contributed by atoms with E-state index < -0.39 is 48.3 Å². The van der Waals surface area contributed by atoms with Crippen molar-refractivity contribution in [3.05, 3.63) is 72.6 Å². The maximum absolute atomic E-state index is 13.8. The molecule has 0 unspecified atom stereocenters. The molecular formula is C40H50N8O8. The van der Waals surface area contributed by atoms with E-state index in [1.54, 1.807) is 12.4 Å². The maximum Gasteiger partial charge on any atom is 0.407 e. The molecule has 0 aliphatic rings. The van der Waals surface area contributed by atoms with Gasteiger partial charge in [0.1, 0.15) is 35.9 Å². The number of benzene rings is 2. The monoisotopic (exact) mass is 770 g/mol. The van der Waals surface area contributed by atoms with Crippen molar-refractivity contribution < 1.29 is 38.1 Å². The van der Waals surface area contributed by atoms with Crippen LogP contribution in [0.4, 0.5) is 9.59 Å². The van der Waals surface area contributed by atoms with Crippen LogP contribution >= 0.6 is 0 Å². The summed E-state index contributed by atoms with van der Waals surface area (Å²) in [4.78, 5) is 67.4. The maximum atomic E-state index is 13.8. The van der Waals surface area contributed by atoms with Crippen LogP contribution in [-0.2, 0) is 28.5 Å². The number of carbonyl (C=O) groups excluding carboxylic acids is 4. The number of aromatic amines is 2. The first-order chi connectivity index (χ1) is 26.8. The van der Waals surface area contributed by atoms with Crippen molar-refractivity contribution in [1.29, 1.82) is 10.8 Å². The van der Waals surface area contributed by atoms with Gasteiger partial charge in [0.15, 0.2) is 11.6 Å². The molecule has 0 saturated heterocycles. The second kappa shape index (κ2) is 19.5. The number of rotatable bonds is 19. The number of amides is 2. The molecule has 16 nitrogen and oxygen atoms in total. The van der Waals surface area contributed by atoms with Gasteiger partial charge in [0, 0.05) is 26.6 Å². The number of aromatic nitrogens is 4. The van der Waals surface area contributed by atoms with E-state index in [1.807, 2.05) is 76.2 Å². The van der Waals surface area contributed by atoms with E-state index >= 15 is 0 Å². The van der Waals surface area contributed by atoms with Gasteiger partial charge in [0.05, 0.1) is 49.8 Å². The third-order valence-corrected chi connectivity index (χ3v) is 9.51. The molecule has 0 aliphatic heterocycles. The molecule has 16 heteroatoms. The van der Waals surface area contributed by atoms with Crippen LogP contribution in [0.25, 0.3) is 33.6 Å². The molecule has 0 spiro atoms. The minimum Gasteiger partial charge on any atom is -0.453 e. The number of ketones is 2. The summed E-state index contributed by atoms with van der Waals surface area (Å²) in [7, 11) is 5.10. The lowest BCUT2D eigenvalue weighted by atomic mass is 9.85. The lowest BCUT2D eigenvalue weighted by Gasteiger charge is -2.27. The van der Waals surface area contributed by atoms with E-state index in [0.717, 1.165) is 34.7 Å². The lowest BCUT2D eigenvalue weighted by Crippen LogP contribution is -2.52. The Labute approximate surface area is 325 Å². The van der Waals surface area contributed by atoms with Crippen LogP contribution in [0.3, 0.4) is 0 Å². The highest BCUT2D eigenvalue weighted by Crippen LogP contribution is 2.32. The first-order valence-corrected chi connectivity index (χ1v) is 18.0. The van der Waals surface area contributed by atoms with E-state index in [0.29, 0.717) is 23.0 Å². The van der Waals surface area contributed by atoms with Crippen LogP contribution in [0, 0.1) is 22.7 Å². The Morgan fingerprint density at radius 3 is 1.18 bits per heavy atom. The number of carbonyl (C=O) groups is 4. The zero-order chi connectivity index (χ0) is 41.1. The standard InChI is InChI=1S/C40H50N8O8/c1-21(2)31(35(49)33(29(17-41)53-5)47-39(51)55-7)37-43-19-27(45-37)25-13-9-23(10-14-25)24-11-15-26(16-12-24)28-20-44-38(46-28)32(22(3)4)36(50)34(30(18-42)54-6)48-40(52)56-8/h9-22,29-34,41-42H,1-8H3,(H,43,45)(H,44,46)(H,47,51)(H,48,52)/t29-,30-,31-,32-,33-,34-/m0/s1. The summed E-state index contributed by atoms with van der Waals surface area (Å²) in [5.74, 6) is -1.78. The fourth-order valence-corrected chi connectivity index (χ4v) is 6.51. The molecule has 4 rings (SSSR count). The van der Waals surface area contributed by atoms with E-state index in [-0.39, 0.29) is 23.4 Å². The number of ether oxygens (including phenoxy) is 4. The average molecular weight is 771 g/mol. The highest BCUT2D eigenvalue weighted by atomic mass is 16.5. The van der Waals surface area contributed by atoms with Gasteiger partial charge in [-0.05, 0) is 34.1 Å². The number of hydrogen-bond donors (Lipinski definition) is 6. The molecule has 2 aromatic heterocycles. The van der Waals surface area contributed by atoms with Gasteiger partial charge in [-0.25, -0.2) is 19.6 Å². The van der Waals surface area contributed by atoms with Crippen LogP contribution in [0.15, 0.2) is 60.9 Å². The summed E-state index contributed by atoms with van der Waals surface area (Å²) in [5.41, 5.74) is 5.01. The van der Waals surface area contributed by atoms with Crippen molar-refractivity contribution in [2.45, 2.75) is 63.8 Å². The zero-order valence-corrected chi connectivity index (χ0v) is 32.7. The van der Waals surface area contributed by atoms with Crippen LogP contribution in [0.5, 0.6) is 0 Å². The second-order valence-electron chi connectivity index (χ2n) is 13.7. The normalized spacial score (nSPS) is 14.5. The minimum absolute atomic E-state index is 0.200. The highest BCUT2D eigenvalue weighted by Gasteiger charge is 2.39. The molecule has 2 heterocycles. The Kier molecular flexibility index (Phi) is 14.9. The molecular weight excluding hydrogens is 720 g/mol. The number of methoxy groups -OCH3 is 4. The molecule has 0 bridgehead atoms. The van der Waals surface area contributed by atoms with Gasteiger partial charge in [0.2, 0.25) is 0 Å². The minimum atomic E-state index is -1.16. The number of H-pyrrole nitrogens is 2. The fraction of sp³-hybridized carbons (Fsp3) is 0.400. The highest BCUT2D eigenvalue weighted by molar-refractivity contribution is 5.96. The lowest BCUT2D eigenvalue weighted by molar-refractivity contribution is -0.126. The third-order valence-electron chi connectivity index (χ3n) is 9.51. The first kappa shape index (κ1) is 42.7. The Hall–Kier alpha value is -6.00. The second-order valence-corrected chi connectivity index (χ2v) is 13.7. The fourth-order valence-electron chi connectivity index (χ4n) is 6.51. The van der Waals surface area contributed by atoms with Gasteiger partial charge < -0.3 is 50.4 Å². The summed E-state index contributed by atoms with van der Waals surface area (Å²) >= 11 is 0. The van der Waals surface area contributed by atoms with Crippen molar-refractivity contribution >= 4 is 36.2 Å². The molecule has 0 radical (unpaired) electrons. The predicted octanol–water partition coefficient (Wildman–Crippen LogP) is 5.53. The van der Waals surface area contributed by atoms with E-state index in [4.69, 9.17) is 29.8 Å². The summed E-state index contributed by atoms with van der Waals surface area (Å²) in [6.07, 6.45) is 1.62. The Morgan fingerprint density at radius 1 is 0.589 bits per heavy atom. The van der Waals surface area contributed by atoms with Crippen molar-refractivity contribution in [3.8, 4) is 33.6 Å². The molecule has 298 valence electrons. The summed E-state index contributed by atoms with van der Waals surface area (Å²) < 4.78 is 20.0. The largest absolute Gasteiger partial charge is 0.453 e. The quantitative estimate of drug-likeness (QED) is 0.0653. The van der Waals surface area contributed by atoms with Gasteiger partial charge in [0.25, 0.3) is 0 Å². The summed E-state index contributed by atoms with van der Waals surface area (Å²) in [6, 6.07) is 13.4. The number of imidazole rings is 2. The Bertz CT molecular complexity index is 1830. The number of nitrogens with zero attached hydrogens (tertiary/aromatic N) is 2. The molecule has 6 N–H and O–H groups in total. The number of hydrogen-bond acceptors (Lipinski definition) is 12. The number of alkyl carbamates (subject to hydrolysis) is 2. The first-order valence-electron chi connectivity index (χ1n) is 18.0. The zero-order valence-electron chi connectivity index (χ0n) is 32.7. The molecule has 56 heavy (non-hydrogen) atoms. The Morgan fingerprint density at radius 2 is 0.911 bits per heavy atom. The predicted molar refractivity (Wildman–Crippen MR) is 210 cm³/mol. The SMILES string of the molecule is COC(=O)N[C@H](C(=O)[C@@H](c1ncc(-c2ccc(-c3ccc(-c4cnc([C@H](C(=O)[C@@H](NC(=O)OC)[C@H](C=N)OC)C(C)C)[nH]4)cc3)cc2)[nH]1)C(C)C)[C@H](C=N)OC. The van der Waals surface area contributed by atoms with Gasteiger partial charge in [-0.15, -0.1) is 0 Å². The number of Topliss-reactive ketones (excluding diaryl/α,β-unsaturated/α-hetero) is 2. The van der Waals surface area contributed by atoms with Crippen molar-refractivity contribution in [3.63, 3.8) is 0 Å². The molecule has 4 aromatic rings. The smallest absolute Gasteiger partial charge is 0.407 e. The van der Waals surface area contributed by atoms with E-state index in [9.17, 15) is 19.2 Å². The molecule has 0 saturated carbocycles. The van der Waals surface area contributed by atoms with Crippen molar-refractivity contribution in [1.82, 2.24) is 30.6 Å². The average Bonchev–Trinajstić information content (AvgIpc) is 3.88. The van der Waals surface area contributed by atoms with E-state index in [2.05, 4.69) is 30.6 Å². The van der Waals surface area contributed by atoms with Gasteiger partial charge in [-0.2, -0.15) is 0 Å². The summed E-state index contributed by atoms with van der Waals surface area (Å²) in [6.45, 7) is 7.51. The summed E-state index contributed by atoms with van der Waals surface area (Å²) in [5, 5.41) is 20.5. The molecule has 2 aromatic carbocycles. The van der Waals surface area contributed by atoms with Gasteiger partial charge in [-0.1, -0.05) is 76.2 Å². The van der Waals surface area contributed by atoms with Gasteiger partial charge >= 0.3 is 12.2 Å². The topological polar surface area (TPSA) is 234 Å². The Balaban J connectivity index is 1.52. The molecule has 0 aliphatic carbocycles. The van der Waals surface area contributed by atoms with Crippen LogP contribution in [0.1, 0.15) is 51.2 Å². The molecule has 6 atom stereocenters. The van der Waals surface area contributed by atoms with Crippen molar-refractivity contribution in [2.24, 2.45) is 11.8 Å². The van der Waals surface area contributed by atoms with Gasteiger partial charge in [-0.3, -0.25) is 9.59 Å². The van der Waals surface area contributed by atoms with Crippen molar-refractivity contribution in [2.75, 3.05) is 28.4 Å². The van der Waals surface area contributed by atoms with Crippen LogP contribution in [-0.4, -0.2) is 109 Å². The molecule has 0 fully saturated rings. The van der Waals surface area contributed by atoms with E-state index in [1.165, 1.54) is 28.4 Å². The number of nitrogens with one attached hydrogen (secondary N) is 6. The third kappa shape index (κ3) is 9.80. The molecule has 2 amide bonds. The van der Waals surface area contributed by atoms with Crippen LogP contribution < -0.4 is 10.6 Å².